The van der Waals surface area contributed by atoms with Crippen molar-refractivity contribution in [1.82, 2.24) is 5.32 Å². The summed E-state index contributed by atoms with van der Waals surface area (Å²) >= 11 is 0. The molecular formula is C16H29NO5. The van der Waals surface area contributed by atoms with Gasteiger partial charge in [-0.25, -0.2) is 0 Å². The first-order chi connectivity index (χ1) is 10.1. The highest BCUT2D eigenvalue weighted by Crippen LogP contribution is 2.17. The van der Waals surface area contributed by atoms with E-state index >= 15 is 0 Å². The van der Waals surface area contributed by atoms with Gasteiger partial charge in [0.1, 0.15) is 0 Å². The summed E-state index contributed by atoms with van der Waals surface area (Å²) in [6.45, 7) is 7.82. The zero-order chi connectivity index (χ0) is 17.3. The molecule has 0 saturated carbocycles. The summed E-state index contributed by atoms with van der Waals surface area (Å²) in [5, 5.41) is 20.3. The zero-order valence-electron chi connectivity index (χ0n) is 14.0. The van der Waals surface area contributed by atoms with Gasteiger partial charge in [-0.3, -0.25) is 14.4 Å². The first-order valence-corrected chi connectivity index (χ1v) is 7.85. The van der Waals surface area contributed by atoms with Gasteiger partial charge in [0.2, 0.25) is 5.91 Å². The molecule has 0 fully saturated rings. The number of nitrogens with one attached hydrogen (secondary N) is 1. The van der Waals surface area contributed by atoms with Crippen LogP contribution in [0.3, 0.4) is 0 Å². The van der Waals surface area contributed by atoms with Gasteiger partial charge in [0, 0.05) is 18.9 Å². The second-order valence-electron chi connectivity index (χ2n) is 6.50. The van der Waals surface area contributed by atoms with Crippen LogP contribution in [-0.4, -0.2) is 34.6 Å². The Hall–Kier alpha value is -1.59. The second-order valence-corrected chi connectivity index (χ2v) is 6.50. The third-order valence-electron chi connectivity index (χ3n) is 3.86. The molecule has 6 nitrogen and oxygen atoms in total. The molecule has 3 N–H and O–H groups in total. The molecule has 128 valence electrons. The third-order valence-corrected chi connectivity index (χ3v) is 3.86. The van der Waals surface area contributed by atoms with Crippen LogP contribution in [0.2, 0.25) is 0 Å². The summed E-state index contributed by atoms with van der Waals surface area (Å²) in [5.41, 5.74) is 0. The molecule has 6 heteroatoms. The van der Waals surface area contributed by atoms with Crippen LogP contribution in [0.1, 0.15) is 53.4 Å². The Morgan fingerprint density at radius 3 is 1.95 bits per heavy atom. The van der Waals surface area contributed by atoms with Gasteiger partial charge >= 0.3 is 11.9 Å². The molecule has 0 bridgehead atoms. The van der Waals surface area contributed by atoms with Crippen molar-refractivity contribution in [2.24, 2.45) is 23.7 Å². The van der Waals surface area contributed by atoms with Gasteiger partial charge in [0.05, 0.1) is 5.92 Å². The molecule has 0 saturated heterocycles. The van der Waals surface area contributed by atoms with Gasteiger partial charge in [-0.1, -0.05) is 27.7 Å². The summed E-state index contributed by atoms with van der Waals surface area (Å²) < 4.78 is 0. The Labute approximate surface area is 132 Å². The van der Waals surface area contributed by atoms with E-state index in [0.29, 0.717) is 25.8 Å². The van der Waals surface area contributed by atoms with Gasteiger partial charge in [-0.05, 0) is 31.1 Å². The van der Waals surface area contributed by atoms with Gasteiger partial charge in [-0.2, -0.15) is 0 Å². The topological polar surface area (TPSA) is 104 Å². The minimum absolute atomic E-state index is 0.0583. The van der Waals surface area contributed by atoms with Gasteiger partial charge in [0.25, 0.3) is 0 Å². The maximum absolute atomic E-state index is 12.0. The van der Waals surface area contributed by atoms with Crippen LogP contribution in [0.15, 0.2) is 0 Å². The van der Waals surface area contributed by atoms with Crippen LogP contribution in [-0.2, 0) is 14.4 Å². The van der Waals surface area contributed by atoms with E-state index < -0.39 is 17.9 Å². The number of rotatable bonds is 11. The van der Waals surface area contributed by atoms with Crippen LogP contribution < -0.4 is 5.32 Å². The van der Waals surface area contributed by atoms with Crippen molar-refractivity contribution >= 4 is 17.8 Å². The summed E-state index contributed by atoms with van der Waals surface area (Å²) in [6.07, 6.45) is 1.87. The van der Waals surface area contributed by atoms with E-state index in [0.717, 1.165) is 0 Å². The quantitative estimate of drug-likeness (QED) is 0.543. The summed E-state index contributed by atoms with van der Waals surface area (Å²) in [7, 11) is 0. The van der Waals surface area contributed by atoms with Crippen molar-refractivity contribution in [3.63, 3.8) is 0 Å². The van der Waals surface area contributed by atoms with E-state index in [2.05, 4.69) is 5.32 Å². The highest BCUT2D eigenvalue weighted by Gasteiger charge is 2.19. The maximum Gasteiger partial charge on any atom is 0.306 e. The molecule has 0 aromatic carbocycles. The Bertz CT molecular complexity index is 383. The smallest absolute Gasteiger partial charge is 0.306 e. The highest BCUT2D eigenvalue weighted by atomic mass is 16.4. The van der Waals surface area contributed by atoms with Crippen molar-refractivity contribution in [2.45, 2.75) is 53.4 Å². The number of carbonyl (C=O) groups is 3. The normalized spacial score (nSPS) is 16.4. The standard InChI is InChI=1S/C16H29NO5/c1-10(5-6-14(18)19)7-12(3)15(20)17-9-11(2)8-13(4)16(21)22/h10-13H,5-9H2,1-4H3,(H,17,20)(H,18,19)(H,21,22). The van der Waals surface area contributed by atoms with Crippen molar-refractivity contribution in [1.29, 1.82) is 0 Å². The van der Waals surface area contributed by atoms with Crippen molar-refractivity contribution in [2.75, 3.05) is 6.54 Å². The summed E-state index contributed by atoms with van der Waals surface area (Å²) in [4.78, 5) is 33.3. The highest BCUT2D eigenvalue weighted by molar-refractivity contribution is 5.78. The molecule has 0 heterocycles. The van der Waals surface area contributed by atoms with E-state index in [4.69, 9.17) is 10.2 Å². The predicted molar refractivity (Wildman–Crippen MR) is 83.4 cm³/mol. The van der Waals surface area contributed by atoms with E-state index in [1.54, 1.807) is 6.92 Å². The SMILES string of the molecule is CC(CNC(=O)C(C)CC(C)CCC(=O)O)CC(C)C(=O)O. The van der Waals surface area contributed by atoms with Crippen molar-refractivity contribution in [3.8, 4) is 0 Å². The second kappa shape index (κ2) is 10.2. The van der Waals surface area contributed by atoms with E-state index in [1.165, 1.54) is 0 Å². The maximum atomic E-state index is 12.0. The lowest BCUT2D eigenvalue weighted by Crippen LogP contribution is -2.34. The zero-order valence-corrected chi connectivity index (χ0v) is 14.0. The summed E-state index contributed by atoms with van der Waals surface area (Å²) in [6, 6.07) is 0. The molecule has 0 spiro atoms. The van der Waals surface area contributed by atoms with Crippen LogP contribution in [0, 0.1) is 23.7 Å². The molecule has 22 heavy (non-hydrogen) atoms. The lowest BCUT2D eigenvalue weighted by molar-refractivity contribution is -0.141. The number of carboxylic acid groups (broad SMARTS) is 2. The average Bonchev–Trinajstić information content (AvgIpc) is 2.42. The average molecular weight is 315 g/mol. The molecule has 0 aromatic heterocycles. The lowest BCUT2D eigenvalue weighted by atomic mass is 9.92. The minimum atomic E-state index is -0.821. The first kappa shape index (κ1) is 20.4. The van der Waals surface area contributed by atoms with E-state index in [1.807, 2.05) is 20.8 Å². The largest absolute Gasteiger partial charge is 0.481 e. The number of hydrogen-bond acceptors (Lipinski definition) is 3. The molecule has 4 unspecified atom stereocenters. The number of amides is 1. The molecule has 4 atom stereocenters. The Morgan fingerprint density at radius 2 is 1.45 bits per heavy atom. The summed E-state index contributed by atoms with van der Waals surface area (Å²) in [5.74, 6) is -2.00. The number of carbonyl (C=O) groups excluding carboxylic acids is 1. The van der Waals surface area contributed by atoms with Crippen LogP contribution >= 0.6 is 0 Å². The Balaban J connectivity index is 4.04. The minimum Gasteiger partial charge on any atom is -0.481 e. The first-order valence-electron chi connectivity index (χ1n) is 7.85. The molecule has 0 aromatic rings. The van der Waals surface area contributed by atoms with Gasteiger partial charge in [-0.15, -0.1) is 0 Å². The van der Waals surface area contributed by atoms with Crippen molar-refractivity contribution in [3.05, 3.63) is 0 Å². The van der Waals surface area contributed by atoms with E-state index in [-0.39, 0.29) is 30.1 Å². The Kier molecular flexibility index (Phi) is 9.45. The monoisotopic (exact) mass is 315 g/mol. The number of aliphatic carboxylic acids is 2. The fourth-order valence-electron chi connectivity index (χ4n) is 2.44. The lowest BCUT2D eigenvalue weighted by Gasteiger charge is -2.19. The number of carboxylic acids is 2. The van der Waals surface area contributed by atoms with Crippen LogP contribution in [0.4, 0.5) is 0 Å². The van der Waals surface area contributed by atoms with Crippen LogP contribution in [0.5, 0.6) is 0 Å². The van der Waals surface area contributed by atoms with Crippen molar-refractivity contribution < 1.29 is 24.6 Å². The predicted octanol–water partition coefficient (Wildman–Crippen LogP) is 2.38. The fraction of sp³-hybridized carbons (Fsp3) is 0.812. The van der Waals surface area contributed by atoms with Gasteiger partial charge in [0.15, 0.2) is 0 Å². The van der Waals surface area contributed by atoms with Gasteiger partial charge < -0.3 is 15.5 Å². The molecule has 0 radical (unpaired) electrons. The molecule has 0 aliphatic rings. The number of hydrogen-bond donors (Lipinski definition) is 3. The van der Waals surface area contributed by atoms with Crippen LogP contribution in [0.25, 0.3) is 0 Å². The molecule has 0 aliphatic carbocycles. The fourth-order valence-corrected chi connectivity index (χ4v) is 2.44. The molecule has 0 aliphatic heterocycles. The third kappa shape index (κ3) is 9.37. The molecule has 1 amide bonds. The molecule has 0 rings (SSSR count). The Morgan fingerprint density at radius 1 is 0.909 bits per heavy atom. The van der Waals surface area contributed by atoms with E-state index in [9.17, 15) is 14.4 Å². The molecular weight excluding hydrogens is 286 g/mol.